The Kier molecular flexibility index (Phi) is 5.21. The zero-order chi connectivity index (χ0) is 18.5. The van der Waals surface area contributed by atoms with Crippen molar-refractivity contribution < 1.29 is 19.5 Å². The molecule has 0 fully saturated rings. The van der Waals surface area contributed by atoms with Crippen LogP contribution in [-0.4, -0.2) is 19.1 Å². The van der Waals surface area contributed by atoms with E-state index in [9.17, 15) is 4.79 Å². The van der Waals surface area contributed by atoms with Crippen molar-refractivity contribution in [3.05, 3.63) is 77.9 Å². The highest BCUT2D eigenvalue weighted by atomic mass is 16.5. The maximum absolute atomic E-state index is 12.9. The number of ether oxygens (including phenoxy) is 1. The Hall–Kier alpha value is -3.05. The molecule has 0 atom stereocenters. The predicted octanol–water partition coefficient (Wildman–Crippen LogP) is 2.54. The number of pyridine rings is 1. The summed E-state index contributed by atoms with van der Waals surface area (Å²) in [6.45, 7) is 1.94. The first-order chi connectivity index (χ1) is 13.3. The summed E-state index contributed by atoms with van der Waals surface area (Å²) in [7, 11) is 0. The van der Waals surface area contributed by atoms with E-state index in [-0.39, 0.29) is 5.91 Å². The van der Waals surface area contributed by atoms with Gasteiger partial charge in [-0.25, -0.2) is 4.98 Å². The highest BCUT2D eigenvalue weighted by molar-refractivity contribution is 5.99. The lowest BCUT2D eigenvalue weighted by atomic mass is 10.0. The molecule has 0 spiro atoms. The summed E-state index contributed by atoms with van der Waals surface area (Å²) in [6, 6.07) is 13.9. The fourth-order valence-corrected chi connectivity index (χ4v) is 3.42. The van der Waals surface area contributed by atoms with Crippen LogP contribution in [-0.2, 0) is 11.3 Å². The van der Waals surface area contributed by atoms with Gasteiger partial charge in [0.15, 0.2) is 12.4 Å². The Morgan fingerprint density at radius 1 is 1.04 bits per heavy atom. The molecule has 1 amide bonds. The Labute approximate surface area is 158 Å². The second kappa shape index (κ2) is 8.10. The van der Waals surface area contributed by atoms with Crippen LogP contribution in [0.5, 0.6) is 0 Å². The van der Waals surface area contributed by atoms with Gasteiger partial charge in [0.2, 0.25) is 5.69 Å². The second-order valence-electron chi connectivity index (χ2n) is 6.58. The third-order valence-electron chi connectivity index (χ3n) is 4.78. The lowest BCUT2D eigenvalue weighted by Gasteiger charge is -2.00. The third-order valence-corrected chi connectivity index (χ3v) is 4.78. The number of rotatable bonds is 4. The number of H-pyrrole nitrogens is 2. The van der Waals surface area contributed by atoms with Gasteiger partial charge < -0.3 is 10.1 Å². The first kappa shape index (κ1) is 17.4. The summed E-state index contributed by atoms with van der Waals surface area (Å²) in [5.41, 5.74) is 5.87. The van der Waals surface area contributed by atoms with E-state index in [0.717, 1.165) is 41.8 Å². The summed E-state index contributed by atoms with van der Waals surface area (Å²) in [6.07, 6.45) is 7.65. The topological polar surface area (TPSA) is 66.6 Å². The fourth-order valence-electron chi connectivity index (χ4n) is 3.42. The van der Waals surface area contributed by atoms with E-state index in [4.69, 9.17) is 4.74 Å². The summed E-state index contributed by atoms with van der Waals surface area (Å²) in [5, 5.41) is 3.02. The summed E-state index contributed by atoms with van der Waals surface area (Å²) in [4.78, 5) is 19.3. The van der Waals surface area contributed by atoms with Crippen LogP contribution in [0.25, 0.3) is 16.7 Å². The number of carbonyl (C=O) groups excluding carboxylic acids is 1. The minimum atomic E-state index is -0.101. The fraction of sp³-hybridized carbons (Fsp3) is 0.227. The number of nitrogens with one attached hydrogen (secondary N) is 3. The van der Waals surface area contributed by atoms with Crippen molar-refractivity contribution in [1.82, 2.24) is 5.32 Å². The number of aromatic amines is 2. The maximum atomic E-state index is 12.9. The van der Waals surface area contributed by atoms with Crippen molar-refractivity contribution in [3.8, 4) is 11.1 Å². The molecule has 0 aromatic carbocycles. The van der Waals surface area contributed by atoms with Gasteiger partial charge in [-0.2, -0.15) is 4.98 Å². The number of amides is 1. The SMILES string of the molecule is O=C(NCc1cc[nH+]cc1)c1[nH+]c(C2=CCCOCC2)c2cccccc1-2. The van der Waals surface area contributed by atoms with Crippen LogP contribution in [0.15, 0.2) is 60.9 Å². The second-order valence-corrected chi connectivity index (χ2v) is 6.58. The van der Waals surface area contributed by atoms with E-state index in [1.54, 1.807) is 0 Å². The largest absolute Gasteiger partial charge is 0.381 e. The third kappa shape index (κ3) is 3.88. The lowest BCUT2D eigenvalue weighted by Crippen LogP contribution is -2.28. The van der Waals surface area contributed by atoms with Crippen LogP contribution in [0.1, 0.15) is 34.6 Å². The molecule has 0 saturated heterocycles. The average molecular weight is 361 g/mol. The van der Waals surface area contributed by atoms with Gasteiger partial charge in [0.05, 0.1) is 24.3 Å². The molecule has 136 valence electrons. The van der Waals surface area contributed by atoms with Gasteiger partial charge in [0, 0.05) is 30.7 Å². The van der Waals surface area contributed by atoms with E-state index in [1.165, 1.54) is 5.57 Å². The van der Waals surface area contributed by atoms with Crippen molar-refractivity contribution in [1.29, 1.82) is 0 Å². The zero-order valence-corrected chi connectivity index (χ0v) is 15.1. The van der Waals surface area contributed by atoms with Gasteiger partial charge in [-0.15, -0.1) is 0 Å². The zero-order valence-electron chi connectivity index (χ0n) is 15.1. The van der Waals surface area contributed by atoms with Crippen molar-refractivity contribution >= 4 is 11.5 Å². The molecule has 3 heterocycles. The molecule has 1 aliphatic carbocycles. The monoisotopic (exact) mass is 361 g/mol. The number of hydrogen-bond donors (Lipinski definition) is 1. The molecule has 2 aliphatic heterocycles. The molecule has 4 rings (SSSR count). The predicted molar refractivity (Wildman–Crippen MR) is 102 cm³/mol. The first-order valence-electron chi connectivity index (χ1n) is 9.27. The highest BCUT2D eigenvalue weighted by Gasteiger charge is 2.30. The summed E-state index contributed by atoms with van der Waals surface area (Å²) < 4.78 is 5.57. The maximum Gasteiger partial charge on any atom is 0.316 e. The van der Waals surface area contributed by atoms with Crippen molar-refractivity contribution in [2.75, 3.05) is 13.2 Å². The lowest BCUT2D eigenvalue weighted by molar-refractivity contribution is -0.379. The molecule has 0 bridgehead atoms. The van der Waals surface area contributed by atoms with E-state index >= 15 is 0 Å². The molecule has 1 aromatic rings. The molecular weight excluding hydrogens is 338 g/mol. The van der Waals surface area contributed by atoms with Crippen LogP contribution >= 0.6 is 0 Å². The van der Waals surface area contributed by atoms with Crippen LogP contribution in [0, 0.1) is 0 Å². The first-order valence-corrected chi connectivity index (χ1v) is 9.27. The smallest absolute Gasteiger partial charge is 0.316 e. The number of fused-ring (bicyclic) bond motifs is 1. The van der Waals surface area contributed by atoms with Gasteiger partial charge in [-0.05, 0) is 24.1 Å². The minimum absolute atomic E-state index is 0.101. The Morgan fingerprint density at radius 2 is 1.85 bits per heavy atom. The quantitative estimate of drug-likeness (QED) is 0.776. The van der Waals surface area contributed by atoms with Crippen LogP contribution in [0.3, 0.4) is 0 Å². The summed E-state index contributed by atoms with van der Waals surface area (Å²) >= 11 is 0. The molecule has 5 heteroatoms. The van der Waals surface area contributed by atoms with Crippen LogP contribution in [0.2, 0.25) is 0 Å². The number of aromatic nitrogens is 2. The molecule has 0 saturated carbocycles. The van der Waals surface area contributed by atoms with Crippen molar-refractivity contribution in [2.45, 2.75) is 19.4 Å². The molecule has 27 heavy (non-hydrogen) atoms. The van der Waals surface area contributed by atoms with Crippen LogP contribution < -0.4 is 15.3 Å². The number of carbonyl (C=O) groups is 1. The van der Waals surface area contributed by atoms with E-state index in [1.807, 2.05) is 48.8 Å². The van der Waals surface area contributed by atoms with Crippen molar-refractivity contribution in [2.24, 2.45) is 0 Å². The molecular formula is C22H23N3O2+2. The van der Waals surface area contributed by atoms with Gasteiger partial charge in [-0.3, -0.25) is 4.79 Å². The van der Waals surface area contributed by atoms with Crippen molar-refractivity contribution in [3.63, 3.8) is 0 Å². The molecule has 3 N–H and O–H groups in total. The Bertz CT molecular complexity index is 937. The standard InChI is InChI=1S/C22H21N3O2/c26-22(24-15-16-8-11-23-12-9-16)21-19-7-3-1-2-6-18(19)20(25-21)17-5-4-13-27-14-10-17/h1-3,5-9,11-12H,4,10,13-15H2,(H,24,26)/p+2. The molecule has 0 radical (unpaired) electrons. The molecule has 3 aliphatic rings. The molecule has 1 aromatic heterocycles. The minimum Gasteiger partial charge on any atom is -0.381 e. The number of hydrogen-bond acceptors (Lipinski definition) is 2. The Balaban J connectivity index is 1.66. The average Bonchev–Trinajstić information content (AvgIpc) is 2.92. The molecule has 5 nitrogen and oxygen atoms in total. The van der Waals surface area contributed by atoms with Gasteiger partial charge >= 0.3 is 5.91 Å². The van der Waals surface area contributed by atoms with Crippen LogP contribution in [0.4, 0.5) is 0 Å². The van der Waals surface area contributed by atoms with E-state index < -0.39 is 0 Å². The van der Waals surface area contributed by atoms with Gasteiger partial charge in [-0.1, -0.05) is 24.3 Å². The van der Waals surface area contributed by atoms with Gasteiger partial charge in [0.25, 0.3) is 5.69 Å². The molecule has 0 unspecified atom stereocenters. The highest BCUT2D eigenvalue weighted by Crippen LogP contribution is 2.32. The summed E-state index contributed by atoms with van der Waals surface area (Å²) in [5.74, 6) is -0.101. The van der Waals surface area contributed by atoms with E-state index in [2.05, 4.69) is 27.4 Å². The normalized spacial score (nSPS) is 14.4. The Morgan fingerprint density at radius 3 is 2.70 bits per heavy atom. The van der Waals surface area contributed by atoms with Gasteiger partial charge in [0.1, 0.15) is 0 Å². The van der Waals surface area contributed by atoms with E-state index in [0.29, 0.717) is 18.8 Å².